The first-order chi connectivity index (χ1) is 14.3. The van der Waals surface area contributed by atoms with E-state index >= 15 is 0 Å². The smallest absolute Gasteiger partial charge is 0.306 e. The van der Waals surface area contributed by atoms with Crippen molar-refractivity contribution in [2.75, 3.05) is 0 Å². The zero-order valence-electron chi connectivity index (χ0n) is 18.7. The predicted octanol–water partition coefficient (Wildman–Crippen LogP) is 7.94. The number of ether oxygens (including phenoxy) is 1. The van der Waals surface area contributed by atoms with E-state index in [0.717, 1.165) is 18.4 Å². The fourth-order valence-corrected chi connectivity index (χ4v) is 3.41. The van der Waals surface area contributed by atoms with Gasteiger partial charge in [-0.2, -0.15) is 0 Å². The second-order valence-corrected chi connectivity index (χ2v) is 8.06. The Morgan fingerprint density at radius 1 is 0.862 bits per heavy atom. The Morgan fingerprint density at radius 2 is 1.45 bits per heavy atom. The van der Waals surface area contributed by atoms with Gasteiger partial charge >= 0.3 is 5.97 Å². The molecule has 0 amide bonds. The van der Waals surface area contributed by atoms with Crippen molar-refractivity contribution in [3.63, 3.8) is 0 Å². The summed E-state index contributed by atoms with van der Waals surface area (Å²) in [7, 11) is 0. The Labute approximate surface area is 179 Å². The fourth-order valence-electron chi connectivity index (χ4n) is 3.41. The summed E-state index contributed by atoms with van der Waals surface area (Å²) < 4.78 is 5.27. The predicted molar refractivity (Wildman–Crippen MR) is 123 cm³/mol. The van der Waals surface area contributed by atoms with Gasteiger partial charge in [0.25, 0.3) is 0 Å². The summed E-state index contributed by atoms with van der Waals surface area (Å²) in [6, 6.07) is 3.78. The summed E-state index contributed by atoms with van der Waals surface area (Å²) in [5.74, 6) is -0.0957. The minimum absolute atomic E-state index is 0.0957. The van der Waals surface area contributed by atoms with E-state index in [1.807, 2.05) is 12.1 Å². The molecule has 0 saturated heterocycles. The molecule has 0 aromatic carbocycles. The van der Waals surface area contributed by atoms with E-state index in [2.05, 4.69) is 24.1 Å². The molecule has 1 rings (SSSR count). The number of pyridine rings is 1. The van der Waals surface area contributed by atoms with E-state index in [4.69, 9.17) is 4.74 Å². The van der Waals surface area contributed by atoms with Gasteiger partial charge in [0.15, 0.2) is 0 Å². The molecule has 164 valence electrons. The van der Waals surface area contributed by atoms with E-state index in [9.17, 15) is 4.79 Å². The number of rotatable bonds is 19. The SMILES string of the molecule is CCCCCCCC/C=C\CCCCCCCCCC(=O)OCc1cccnc1. The lowest BCUT2D eigenvalue weighted by Gasteiger charge is -2.05. The van der Waals surface area contributed by atoms with Crippen molar-refractivity contribution in [1.82, 2.24) is 4.98 Å². The average Bonchev–Trinajstić information content (AvgIpc) is 2.75. The van der Waals surface area contributed by atoms with Gasteiger partial charge < -0.3 is 4.74 Å². The lowest BCUT2D eigenvalue weighted by atomic mass is 10.1. The molecular weight excluding hydrogens is 358 g/mol. The monoisotopic (exact) mass is 401 g/mol. The molecule has 0 spiro atoms. The van der Waals surface area contributed by atoms with Gasteiger partial charge in [0.05, 0.1) is 0 Å². The minimum atomic E-state index is -0.0957. The summed E-state index contributed by atoms with van der Waals surface area (Å²) in [4.78, 5) is 15.7. The number of unbranched alkanes of at least 4 members (excludes halogenated alkanes) is 13. The number of hydrogen-bond donors (Lipinski definition) is 0. The van der Waals surface area contributed by atoms with Crippen LogP contribution >= 0.6 is 0 Å². The molecule has 0 atom stereocenters. The van der Waals surface area contributed by atoms with Gasteiger partial charge in [-0.25, -0.2) is 0 Å². The van der Waals surface area contributed by atoms with E-state index in [1.54, 1.807) is 12.4 Å². The number of aromatic nitrogens is 1. The largest absolute Gasteiger partial charge is 0.461 e. The fraction of sp³-hybridized carbons (Fsp3) is 0.692. The van der Waals surface area contributed by atoms with Crippen molar-refractivity contribution < 1.29 is 9.53 Å². The third kappa shape index (κ3) is 17.0. The number of carbonyl (C=O) groups excluding carboxylic acids is 1. The third-order valence-electron chi connectivity index (χ3n) is 5.27. The number of nitrogens with zero attached hydrogens (tertiary/aromatic N) is 1. The molecule has 3 heteroatoms. The Bertz CT molecular complexity index is 513. The Kier molecular flexibility index (Phi) is 17.2. The summed E-state index contributed by atoms with van der Waals surface area (Å²) in [5.41, 5.74) is 0.943. The molecule has 0 aliphatic rings. The van der Waals surface area contributed by atoms with E-state index in [0.29, 0.717) is 13.0 Å². The van der Waals surface area contributed by atoms with Gasteiger partial charge in [-0.05, 0) is 38.2 Å². The number of esters is 1. The molecule has 1 heterocycles. The maximum atomic E-state index is 11.7. The third-order valence-corrected chi connectivity index (χ3v) is 5.27. The number of carbonyl (C=O) groups is 1. The molecule has 0 fully saturated rings. The Morgan fingerprint density at radius 3 is 2.03 bits per heavy atom. The van der Waals surface area contributed by atoms with Crippen LogP contribution in [0, 0.1) is 0 Å². The maximum Gasteiger partial charge on any atom is 0.306 e. The van der Waals surface area contributed by atoms with Crippen molar-refractivity contribution in [2.45, 2.75) is 116 Å². The average molecular weight is 402 g/mol. The molecule has 0 N–H and O–H groups in total. The van der Waals surface area contributed by atoms with Crippen molar-refractivity contribution in [1.29, 1.82) is 0 Å². The quantitative estimate of drug-likeness (QED) is 0.134. The summed E-state index contributed by atoms with van der Waals surface area (Å²) >= 11 is 0. The van der Waals surface area contributed by atoms with Crippen LogP contribution < -0.4 is 0 Å². The first-order valence-electron chi connectivity index (χ1n) is 12.0. The molecular formula is C26H43NO2. The van der Waals surface area contributed by atoms with Gasteiger partial charge in [-0.1, -0.05) is 89.4 Å². The number of hydrogen-bond acceptors (Lipinski definition) is 3. The molecule has 0 saturated carbocycles. The second-order valence-electron chi connectivity index (χ2n) is 8.06. The molecule has 3 nitrogen and oxygen atoms in total. The van der Waals surface area contributed by atoms with Gasteiger partial charge in [0, 0.05) is 24.4 Å². The van der Waals surface area contributed by atoms with Crippen LogP contribution in [0.4, 0.5) is 0 Å². The van der Waals surface area contributed by atoms with Crippen molar-refractivity contribution in [3.05, 3.63) is 42.2 Å². The van der Waals surface area contributed by atoms with Gasteiger partial charge in [-0.15, -0.1) is 0 Å². The molecule has 0 aliphatic heterocycles. The molecule has 1 aromatic heterocycles. The normalized spacial score (nSPS) is 11.2. The Balaban J connectivity index is 1.78. The molecule has 0 bridgehead atoms. The molecule has 0 radical (unpaired) electrons. The second kappa shape index (κ2) is 19.7. The first kappa shape index (κ1) is 25.4. The highest BCUT2D eigenvalue weighted by Crippen LogP contribution is 2.12. The minimum Gasteiger partial charge on any atom is -0.461 e. The van der Waals surface area contributed by atoms with E-state index in [-0.39, 0.29) is 5.97 Å². The lowest BCUT2D eigenvalue weighted by Crippen LogP contribution is -2.04. The zero-order chi connectivity index (χ0) is 20.8. The van der Waals surface area contributed by atoms with Gasteiger partial charge in [0.1, 0.15) is 6.61 Å². The van der Waals surface area contributed by atoms with Crippen LogP contribution in [-0.4, -0.2) is 11.0 Å². The zero-order valence-corrected chi connectivity index (χ0v) is 18.7. The van der Waals surface area contributed by atoms with Crippen LogP contribution in [0.15, 0.2) is 36.7 Å². The maximum absolute atomic E-state index is 11.7. The van der Waals surface area contributed by atoms with Crippen molar-refractivity contribution >= 4 is 5.97 Å². The topological polar surface area (TPSA) is 39.2 Å². The van der Waals surface area contributed by atoms with Crippen molar-refractivity contribution in [2.24, 2.45) is 0 Å². The number of allylic oxidation sites excluding steroid dienone is 2. The highest BCUT2D eigenvalue weighted by Gasteiger charge is 2.03. The summed E-state index contributed by atoms with van der Waals surface area (Å²) in [6.45, 7) is 2.61. The summed E-state index contributed by atoms with van der Waals surface area (Å²) in [5, 5.41) is 0. The van der Waals surface area contributed by atoms with E-state index < -0.39 is 0 Å². The van der Waals surface area contributed by atoms with Crippen LogP contribution in [0.3, 0.4) is 0 Å². The van der Waals surface area contributed by atoms with E-state index in [1.165, 1.54) is 83.5 Å². The van der Waals surface area contributed by atoms with Gasteiger partial charge in [0.2, 0.25) is 0 Å². The first-order valence-corrected chi connectivity index (χ1v) is 12.0. The van der Waals surface area contributed by atoms with Crippen LogP contribution in [0.25, 0.3) is 0 Å². The Hall–Kier alpha value is -1.64. The van der Waals surface area contributed by atoms with Crippen LogP contribution in [0.2, 0.25) is 0 Å². The van der Waals surface area contributed by atoms with Gasteiger partial charge in [-0.3, -0.25) is 9.78 Å². The molecule has 0 unspecified atom stereocenters. The molecule has 1 aromatic rings. The standard InChI is InChI=1S/C26H43NO2/c1-2-3-4-5-6-7-8-9-10-11-12-13-14-15-16-17-18-21-26(28)29-24-25-20-19-22-27-23-25/h9-10,19-20,22-23H,2-8,11-18,21,24H2,1H3/b10-9-. The van der Waals surface area contributed by atoms with Crippen LogP contribution in [0.1, 0.15) is 115 Å². The van der Waals surface area contributed by atoms with Crippen LogP contribution in [0.5, 0.6) is 0 Å². The molecule has 0 aliphatic carbocycles. The lowest BCUT2D eigenvalue weighted by molar-refractivity contribution is -0.145. The highest BCUT2D eigenvalue weighted by atomic mass is 16.5. The summed E-state index contributed by atoms with van der Waals surface area (Å²) in [6.07, 6.45) is 28.1. The highest BCUT2D eigenvalue weighted by molar-refractivity contribution is 5.69. The van der Waals surface area contributed by atoms with Crippen molar-refractivity contribution in [3.8, 4) is 0 Å². The van der Waals surface area contributed by atoms with Crippen LogP contribution in [-0.2, 0) is 16.1 Å². The molecule has 29 heavy (non-hydrogen) atoms.